The lowest BCUT2D eigenvalue weighted by molar-refractivity contribution is 0.107. The Balaban J connectivity index is 1.90. The van der Waals surface area contributed by atoms with Gasteiger partial charge in [0.1, 0.15) is 6.33 Å². The quantitative estimate of drug-likeness (QED) is 0.738. The fraction of sp³-hybridized carbons (Fsp3) is 0.368. The maximum Gasteiger partial charge on any atom is 0.407 e. The summed E-state index contributed by atoms with van der Waals surface area (Å²) in [6, 6.07) is 3.71. The zero-order valence-corrected chi connectivity index (χ0v) is 15.7. The summed E-state index contributed by atoms with van der Waals surface area (Å²) in [5, 5.41) is 10.2. The van der Waals surface area contributed by atoms with Crippen molar-refractivity contribution in [3.05, 3.63) is 42.9 Å². The van der Waals surface area contributed by atoms with E-state index in [1.807, 2.05) is 22.9 Å². The molecule has 0 atom stereocenters. The van der Waals surface area contributed by atoms with Gasteiger partial charge in [0.05, 0.1) is 37.3 Å². The van der Waals surface area contributed by atoms with E-state index in [0.29, 0.717) is 37.4 Å². The Morgan fingerprint density at radius 1 is 1.14 bits per heavy atom. The van der Waals surface area contributed by atoms with Gasteiger partial charge in [-0.25, -0.2) is 19.7 Å². The van der Waals surface area contributed by atoms with Gasteiger partial charge in [-0.2, -0.15) is 0 Å². The molecule has 3 aromatic rings. The lowest BCUT2D eigenvalue weighted by Gasteiger charge is -2.41. The van der Waals surface area contributed by atoms with Crippen LogP contribution < -0.4 is 9.47 Å². The summed E-state index contributed by atoms with van der Waals surface area (Å²) in [7, 11) is 3.17. The van der Waals surface area contributed by atoms with Crippen molar-refractivity contribution in [3.63, 3.8) is 0 Å². The van der Waals surface area contributed by atoms with Crippen LogP contribution in [0.15, 0.2) is 37.2 Å². The van der Waals surface area contributed by atoms with E-state index in [1.54, 1.807) is 26.7 Å². The SMILES string of the molecule is COc1cc2ncnc(C3(n4ccnc4)CCN(C(=O)O)CC3)c2cc1OC. The molecule has 0 aliphatic carbocycles. The van der Waals surface area contributed by atoms with Gasteiger partial charge in [-0.15, -0.1) is 0 Å². The summed E-state index contributed by atoms with van der Waals surface area (Å²) >= 11 is 0. The minimum Gasteiger partial charge on any atom is -0.493 e. The molecule has 0 radical (unpaired) electrons. The predicted molar refractivity (Wildman–Crippen MR) is 101 cm³/mol. The molecule has 1 saturated heterocycles. The van der Waals surface area contributed by atoms with Gasteiger partial charge in [0.2, 0.25) is 0 Å². The molecule has 1 N–H and O–H groups in total. The normalized spacial score (nSPS) is 16.1. The highest BCUT2D eigenvalue weighted by Crippen LogP contribution is 2.41. The number of ether oxygens (including phenoxy) is 2. The first-order valence-corrected chi connectivity index (χ1v) is 8.92. The molecule has 2 aromatic heterocycles. The third kappa shape index (κ3) is 2.79. The van der Waals surface area contributed by atoms with Gasteiger partial charge in [0.15, 0.2) is 11.5 Å². The Labute approximate surface area is 161 Å². The summed E-state index contributed by atoms with van der Waals surface area (Å²) in [4.78, 5) is 26.1. The molecule has 4 rings (SSSR count). The Morgan fingerprint density at radius 3 is 2.46 bits per heavy atom. The molecule has 0 spiro atoms. The number of benzene rings is 1. The van der Waals surface area contributed by atoms with Gasteiger partial charge in [-0.3, -0.25) is 0 Å². The van der Waals surface area contributed by atoms with Gasteiger partial charge in [0.25, 0.3) is 0 Å². The number of aromatic nitrogens is 4. The van der Waals surface area contributed by atoms with Crippen LogP contribution in [0.3, 0.4) is 0 Å². The van der Waals surface area contributed by atoms with Gasteiger partial charge >= 0.3 is 6.09 Å². The molecule has 28 heavy (non-hydrogen) atoms. The van der Waals surface area contributed by atoms with Crippen LogP contribution in [-0.4, -0.2) is 62.9 Å². The zero-order chi connectivity index (χ0) is 19.7. The second-order valence-corrected chi connectivity index (χ2v) is 6.72. The predicted octanol–water partition coefficient (Wildman–Crippen LogP) is 2.36. The second-order valence-electron chi connectivity index (χ2n) is 6.72. The molecule has 9 heteroatoms. The van der Waals surface area contributed by atoms with E-state index in [2.05, 4.69) is 15.0 Å². The maximum absolute atomic E-state index is 11.4. The average Bonchev–Trinajstić information content (AvgIpc) is 3.27. The van der Waals surface area contributed by atoms with Gasteiger partial charge in [0, 0.05) is 36.9 Å². The molecular formula is C19H21N5O4. The molecule has 1 aliphatic rings. The van der Waals surface area contributed by atoms with Crippen molar-refractivity contribution in [2.75, 3.05) is 27.3 Å². The number of hydrogen-bond acceptors (Lipinski definition) is 6. The molecule has 1 amide bonds. The Hall–Kier alpha value is -3.36. The minimum atomic E-state index is -0.904. The lowest BCUT2D eigenvalue weighted by Crippen LogP contribution is -2.48. The van der Waals surface area contributed by atoms with E-state index >= 15 is 0 Å². The lowest BCUT2D eigenvalue weighted by atomic mass is 9.82. The number of likely N-dealkylation sites (tertiary alicyclic amines) is 1. The van der Waals surface area contributed by atoms with E-state index in [0.717, 1.165) is 16.6 Å². The third-order valence-electron chi connectivity index (χ3n) is 5.44. The average molecular weight is 383 g/mol. The number of methoxy groups -OCH3 is 2. The Morgan fingerprint density at radius 2 is 1.86 bits per heavy atom. The van der Waals surface area contributed by atoms with E-state index in [9.17, 15) is 9.90 Å². The van der Waals surface area contributed by atoms with Gasteiger partial charge in [-0.1, -0.05) is 0 Å². The van der Waals surface area contributed by atoms with Crippen LogP contribution in [0.4, 0.5) is 4.79 Å². The first kappa shape index (κ1) is 18.0. The van der Waals surface area contributed by atoms with Crippen LogP contribution in [0.5, 0.6) is 11.5 Å². The molecule has 0 saturated carbocycles. The number of imidazole rings is 1. The van der Waals surface area contributed by atoms with E-state index in [1.165, 1.54) is 11.2 Å². The van der Waals surface area contributed by atoms with Crippen LogP contribution in [-0.2, 0) is 5.54 Å². The van der Waals surface area contributed by atoms with E-state index in [4.69, 9.17) is 9.47 Å². The fourth-order valence-corrected chi connectivity index (χ4v) is 3.95. The molecule has 3 heterocycles. The number of carbonyl (C=O) groups is 1. The standard InChI is InChI=1S/C19H21N5O4/c1-27-15-9-13-14(10-16(15)28-2)21-11-22-17(13)19(24-8-5-20-12-24)3-6-23(7-4-19)18(25)26/h5,8-12H,3-4,6-7H2,1-2H3,(H,25,26). The Bertz CT molecular complexity index is 997. The highest BCUT2D eigenvalue weighted by atomic mass is 16.5. The van der Waals surface area contributed by atoms with Gasteiger partial charge < -0.3 is 24.0 Å². The molecule has 0 bridgehead atoms. The summed E-state index contributed by atoms with van der Waals surface area (Å²) in [5.41, 5.74) is 1.03. The molecule has 1 aliphatic heterocycles. The highest BCUT2D eigenvalue weighted by molar-refractivity contribution is 5.85. The molecular weight excluding hydrogens is 362 g/mol. The summed E-state index contributed by atoms with van der Waals surface area (Å²) in [5.74, 6) is 1.19. The number of nitrogens with zero attached hydrogens (tertiary/aromatic N) is 5. The first-order valence-electron chi connectivity index (χ1n) is 8.92. The van der Waals surface area contributed by atoms with E-state index < -0.39 is 11.6 Å². The first-order chi connectivity index (χ1) is 13.6. The minimum absolute atomic E-state index is 0.409. The molecule has 1 fully saturated rings. The second kappa shape index (κ2) is 6.99. The topological polar surface area (TPSA) is 103 Å². The zero-order valence-electron chi connectivity index (χ0n) is 15.7. The van der Waals surface area contributed by atoms with Crippen LogP contribution in [0.1, 0.15) is 18.5 Å². The molecule has 0 unspecified atom stereocenters. The fourth-order valence-electron chi connectivity index (χ4n) is 3.95. The maximum atomic E-state index is 11.4. The summed E-state index contributed by atoms with van der Waals surface area (Å²) in [6.07, 6.45) is 7.16. The van der Waals surface area contributed by atoms with Crippen molar-refractivity contribution in [1.29, 1.82) is 0 Å². The number of piperidine rings is 1. The Kier molecular flexibility index (Phi) is 4.50. The number of rotatable bonds is 4. The van der Waals surface area contributed by atoms with Crippen molar-refractivity contribution in [3.8, 4) is 11.5 Å². The number of hydrogen-bond donors (Lipinski definition) is 1. The largest absolute Gasteiger partial charge is 0.493 e. The molecule has 9 nitrogen and oxygen atoms in total. The van der Waals surface area contributed by atoms with Crippen molar-refractivity contribution in [2.45, 2.75) is 18.4 Å². The van der Waals surface area contributed by atoms with Crippen molar-refractivity contribution in [1.82, 2.24) is 24.4 Å². The number of amides is 1. The van der Waals surface area contributed by atoms with Crippen molar-refractivity contribution < 1.29 is 19.4 Å². The van der Waals surface area contributed by atoms with Gasteiger partial charge in [-0.05, 0) is 18.9 Å². The van der Waals surface area contributed by atoms with Crippen molar-refractivity contribution >= 4 is 17.0 Å². The molecule has 146 valence electrons. The number of fused-ring (bicyclic) bond motifs is 1. The smallest absolute Gasteiger partial charge is 0.407 e. The summed E-state index contributed by atoms with van der Waals surface area (Å²) in [6.45, 7) is 0.818. The van der Waals surface area contributed by atoms with Crippen LogP contribution in [0.25, 0.3) is 10.9 Å². The highest BCUT2D eigenvalue weighted by Gasteiger charge is 2.41. The monoisotopic (exact) mass is 383 g/mol. The molecule has 1 aromatic carbocycles. The summed E-state index contributed by atoms with van der Waals surface area (Å²) < 4.78 is 12.9. The van der Waals surface area contributed by atoms with Crippen LogP contribution >= 0.6 is 0 Å². The van der Waals surface area contributed by atoms with Crippen molar-refractivity contribution in [2.24, 2.45) is 0 Å². The van der Waals surface area contributed by atoms with Crippen LogP contribution in [0.2, 0.25) is 0 Å². The van der Waals surface area contributed by atoms with Crippen LogP contribution in [0, 0.1) is 0 Å². The van der Waals surface area contributed by atoms with E-state index in [-0.39, 0.29) is 0 Å². The third-order valence-corrected chi connectivity index (χ3v) is 5.44. The number of carboxylic acid groups (broad SMARTS) is 1.